The van der Waals surface area contributed by atoms with Crippen molar-refractivity contribution in [2.24, 2.45) is 17.1 Å². The minimum absolute atomic E-state index is 0.456. The highest BCUT2D eigenvalue weighted by Crippen LogP contribution is 2.37. The molecule has 3 heteroatoms. The summed E-state index contributed by atoms with van der Waals surface area (Å²) in [6, 6.07) is 0. The van der Waals surface area contributed by atoms with Gasteiger partial charge in [-0.1, -0.05) is 19.3 Å². The van der Waals surface area contributed by atoms with Crippen LogP contribution in [0.1, 0.15) is 44.9 Å². The molecular formula is C14H28N2O. The monoisotopic (exact) mass is 240 g/mol. The van der Waals surface area contributed by atoms with Crippen molar-refractivity contribution in [1.82, 2.24) is 5.32 Å². The summed E-state index contributed by atoms with van der Waals surface area (Å²) in [5.41, 5.74) is 6.45. The van der Waals surface area contributed by atoms with Crippen molar-refractivity contribution < 1.29 is 4.74 Å². The maximum absolute atomic E-state index is 5.99. The molecule has 0 spiro atoms. The molecule has 2 aliphatic rings. The van der Waals surface area contributed by atoms with Gasteiger partial charge in [0.15, 0.2) is 0 Å². The molecule has 0 amide bonds. The van der Waals surface area contributed by atoms with Gasteiger partial charge >= 0.3 is 0 Å². The van der Waals surface area contributed by atoms with Crippen molar-refractivity contribution >= 4 is 0 Å². The molecule has 0 aromatic carbocycles. The lowest BCUT2D eigenvalue weighted by Crippen LogP contribution is -2.36. The van der Waals surface area contributed by atoms with Crippen LogP contribution in [0.2, 0.25) is 0 Å². The molecule has 1 atom stereocenters. The van der Waals surface area contributed by atoms with Gasteiger partial charge in [-0.2, -0.15) is 0 Å². The van der Waals surface area contributed by atoms with E-state index >= 15 is 0 Å². The van der Waals surface area contributed by atoms with E-state index < -0.39 is 0 Å². The number of hydrogen-bond acceptors (Lipinski definition) is 3. The molecule has 3 N–H and O–H groups in total. The molecular weight excluding hydrogens is 212 g/mol. The van der Waals surface area contributed by atoms with E-state index in [4.69, 9.17) is 10.5 Å². The number of hydrogen-bond donors (Lipinski definition) is 2. The Kier molecular flexibility index (Phi) is 5.26. The second-order valence-corrected chi connectivity index (χ2v) is 5.95. The lowest BCUT2D eigenvalue weighted by molar-refractivity contribution is 0.175. The van der Waals surface area contributed by atoms with Gasteiger partial charge in [0.2, 0.25) is 0 Å². The van der Waals surface area contributed by atoms with E-state index in [0.29, 0.717) is 5.41 Å². The van der Waals surface area contributed by atoms with Crippen molar-refractivity contribution in [2.75, 3.05) is 32.8 Å². The van der Waals surface area contributed by atoms with E-state index in [0.717, 1.165) is 38.8 Å². The lowest BCUT2D eigenvalue weighted by Gasteiger charge is -2.36. The third-order valence-corrected chi connectivity index (χ3v) is 4.64. The van der Waals surface area contributed by atoms with Gasteiger partial charge in [0.25, 0.3) is 0 Å². The summed E-state index contributed by atoms with van der Waals surface area (Å²) in [7, 11) is 0. The van der Waals surface area contributed by atoms with Crippen LogP contribution in [0.25, 0.3) is 0 Å². The standard InChI is InChI=1S/C14H28N2O/c15-12-14(5-2-1-3-6-14)7-8-16-10-13-4-9-17-11-13/h13,16H,1-12,15H2. The predicted molar refractivity (Wildman–Crippen MR) is 71.0 cm³/mol. The SMILES string of the molecule is NCC1(CCNCC2CCOC2)CCCCC1. The van der Waals surface area contributed by atoms with Crippen molar-refractivity contribution in [3.63, 3.8) is 0 Å². The van der Waals surface area contributed by atoms with Crippen LogP contribution in [-0.4, -0.2) is 32.8 Å². The molecule has 1 saturated heterocycles. The third-order valence-electron chi connectivity index (χ3n) is 4.64. The Morgan fingerprint density at radius 3 is 2.71 bits per heavy atom. The molecule has 2 rings (SSSR count). The molecule has 1 aliphatic carbocycles. The normalized spacial score (nSPS) is 28.4. The number of nitrogens with one attached hydrogen (secondary N) is 1. The van der Waals surface area contributed by atoms with E-state index in [9.17, 15) is 0 Å². The minimum atomic E-state index is 0.456. The summed E-state index contributed by atoms with van der Waals surface area (Å²) in [6.45, 7) is 5.05. The highest BCUT2D eigenvalue weighted by molar-refractivity contribution is 4.84. The molecule has 0 aromatic heterocycles. The first-order valence-corrected chi connectivity index (χ1v) is 7.33. The summed E-state index contributed by atoms with van der Waals surface area (Å²) < 4.78 is 5.39. The Labute approximate surface area is 105 Å². The minimum Gasteiger partial charge on any atom is -0.381 e. The second-order valence-electron chi connectivity index (χ2n) is 5.95. The fourth-order valence-corrected chi connectivity index (χ4v) is 3.26. The highest BCUT2D eigenvalue weighted by atomic mass is 16.5. The zero-order valence-corrected chi connectivity index (χ0v) is 11.0. The van der Waals surface area contributed by atoms with Crippen LogP contribution < -0.4 is 11.1 Å². The molecule has 2 fully saturated rings. The smallest absolute Gasteiger partial charge is 0.0507 e. The zero-order chi connectivity index (χ0) is 12.0. The van der Waals surface area contributed by atoms with E-state index in [2.05, 4.69) is 5.32 Å². The molecule has 1 heterocycles. The molecule has 17 heavy (non-hydrogen) atoms. The summed E-state index contributed by atoms with van der Waals surface area (Å²) in [4.78, 5) is 0. The molecule has 0 radical (unpaired) electrons. The van der Waals surface area contributed by atoms with Gasteiger partial charge in [0.05, 0.1) is 6.61 Å². The number of nitrogens with two attached hydrogens (primary N) is 1. The maximum Gasteiger partial charge on any atom is 0.0507 e. The Hall–Kier alpha value is -0.120. The number of rotatable bonds is 6. The average Bonchev–Trinajstić information content (AvgIpc) is 2.89. The summed E-state index contributed by atoms with van der Waals surface area (Å²) in [6.07, 6.45) is 9.36. The molecule has 1 unspecified atom stereocenters. The van der Waals surface area contributed by atoms with Gasteiger partial charge in [-0.05, 0) is 50.1 Å². The van der Waals surface area contributed by atoms with Crippen LogP contribution in [0.5, 0.6) is 0 Å². The summed E-state index contributed by atoms with van der Waals surface area (Å²) in [5, 5.41) is 3.60. The van der Waals surface area contributed by atoms with Gasteiger partial charge in [-0.15, -0.1) is 0 Å². The maximum atomic E-state index is 5.99. The first kappa shape index (κ1) is 13.3. The molecule has 1 saturated carbocycles. The fourth-order valence-electron chi connectivity index (χ4n) is 3.26. The van der Waals surface area contributed by atoms with Crippen LogP contribution in [0.3, 0.4) is 0 Å². The van der Waals surface area contributed by atoms with Crippen LogP contribution in [0.4, 0.5) is 0 Å². The predicted octanol–water partition coefficient (Wildman–Crippen LogP) is 1.91. The Balaban J connectivity index is 1.61. The second kappa shape index (κ2) is 6.72. The van der Waals surface area contributed by atoms with Gasteiger partial charge < -0.3 is 15.8 Å². The molecule has 100 valence electrons. The van der Waals surface area contributed by atoms with Gasteiger partial charge in [0, 0.05) is 13.2 Å². The average molecular weight is 240 g/mol. The van der Waals surface area contributed by atoms with Crippen LogP contribution in [0.15, 0.2) is 0 Å². The fraction of sp³-hybridized carbons (Fsp3) is 1.00. The van der Waals surface area contributed by atoms with Crippen molar-refractivity contribution in [2.45, 2.75) is 44.9 Å². The van der Waals surface area contributed by atoms with Gasteiger partial charge in [-0.3, -0.25) is 0 Å². The topological polar surface area (TPSA) is 47.3 Å². The van der Waals surface area contributed by atoms with E-state index in [-0.39, 0.29) is 0 Å². The quantitative estimate of drug-likeness (QED) is 0.697. The van der Waals surface area contributed by atoms with Crippen molar-refractivity contribution in [3.8, 4) is 0 Å². The summed E-state index contributed by atoms with van der Waals surface area (Å²) in [5.74, 6) is 0.746. The number of ether oxygens (including phenoxy) is 1. The third kappa shape index (κ3) is 3.94. The Morgan fingerprint density at radius 2 is 2.06 bits per heavy atom. The van der Waals surface area contributed by atoms with E-state index in [1.807, 2.05) is 0 Å². The highest BCUT2D eigenvalue weighted by Gasteiger charge is 2.29. The lowest BCUT2D eigenvalue weighted by atomic mass is 9.72. The molecule has 3 nitrogen and oxygen atoms in total. The first-order chi connectivity index (χ1) is 8.35. The van der Waals surface area contributed by atoms with E-state index in [1.54, 1.807) is 0 Å². The van der Waals surface area contributed by atoms with Crippen molar-refractivity contribution in [1.29, 1.82) is 0 Å². The van der Waals surface area contributed by atoms with Crippen LogP contribution in [-0.2, 0) is 4.74 Å². The van der Waals surface area contributed by atoms with E-state index in [1.165, 1.54) is 44.9 Å². The summed E-state index contributed by atoms with van der Waals surface area (Å²) >= 11 is 0. The van der Waals surface area contributed by atoms with Crippen molar-refractivity contribution in [3.05, 3.63) is 0 Å². The van der Waals surface area contributed by atoms with Crippen LogP contribution in [0, 0.1) is 11.3 Å². The van der Waals surface area contributed by atoms with Gasteiger partial charge in [-0.25, -0.2) is 0 Å². The Bertz CT molecular complexity index is 208. The first-order valence-electron chi connectivity index (χ1n) is 7.33. The molecule has 0 bridgehead atoms. The largest absolute Gasteiger partial charge is 0.381 e. The molecule has 0 aromatic rings. The molecule has 1 aliphatic heterocycles. The zero-order valence-electron chi connectivity index (χ0n) is 11.0. The van der Waals surface area contributed by atoms with Gasteiger partial charge in [0.1, 0.15) is 0 Å². The Morgan fingerprint density at radius 1 is 1.24 bits per heavy atom. The van der Waals surface area contributed by atoms with Crippen LogP contribution >= 0.6 is 0 Å².